The van der Waals surface area contributed by atoms with Crippen LogP contribution in [0.1, 0.15) is 136 Å². The predicted octanol–water partition coefficient (Wildman–Crippen LogP) is 3.72. The Morgan fingerprint density at radius 2 is 0.931 bits per heavy atom. The molecule has 0 spiro atoms. The number of aliphatic hydroxyl groups excluding tert-OH is 1. The number of aliphatic hydroxyl groups is 1. The van der Waals surface area contributed by atoms with E-state index in [1.165, 1.54) is 70.6 Å². The molecule has 0 aliphatic carbocycles. The van der Waals surface area contributed by atoms with Gasteiger partial charge in [0.15, 0.2) is 0 Å². The van der Waals surface area contributed by atoms with Crippen molar-refractivity contribution < 1.29 is 47.6 Å². The smallest absolute Gasteiger partial charge is 0.748 e. The Balaban J connectivity index is 0. The van der Waals surface area contributed by atoms with Gasteiger partial charge < -0.3 is 9.66 Å². The maximum absolute atomic E-state index is 11.4. The molecule has 0 saturated carbocycles. The summed E-state index contributed by atoms with van der Waals surface area (Å²) in [6.07, 6.45) is 20.0. The summed E-state index contributed by atoms with van der Waals surface area (Å²) in [7, 11) is -4.41. The fourth-order valence-corrected chi connectivity index (χ4v) is 4.83. The summed E-state index contributed by atoms with van der Waals surface area (Å²) in [5, 5.41) is 9.03. The van der Waals surface area contributed by atoms with Gasteiger partial charge in [0.2, 0.25) is 0 Å². The Labute approximate surface area is 204 Å². The van der Waals surface area contributed by atoms with E-state index in [2.05, 4.69) is 6.92 Å². The molecule has 0 fully saturated rings. The molecule has 0 aromatic heterocycles. The van der Waals surface area contributed by atoms with Gasteiger partial charge >= 0.3 is 29.6 Å². The van der Waals surface area contributed by atoms with Crippen LogP contribution in [-0.2, 0) is 10.1 Å². The number of rotatable bonds is 21. The molecule has 4 nitrogen and oxygen atoms in total. The van der Waals surface area contributed by atoms with Gasteiger partial charge in [-0.2, -0.15) is 0 Å². The van der Waals surface area contributed by atoms with Gasteiger partial charge in [0, 0.05) is 0 Å². The first-order valence-corrected chi connectivity index (χ1v) is 13.5. The third-order valence-electron chi connectivity index (χ3n) is 5.75. The maximum atomic E-state index is 11.4. The normalized spacial score (nSPS) is 13.8. The Kier molecular flexibility index (Phi) is 24.4. The van der Waals surface area contributed by atoms with Crippen LogP contribution in [0.15, 0.2) is 0 Å². The van der Waals surface area contributed by atoms with Crippen molar-refractivity contribution in [1.82, 2.24) is 0 Å². The molecule has 2 atom stereocenters. The summed E-state index contributed by atoms with van der Waals surface area (Å²) in [5.74, 6) is 0. The van der Waals surface area contributed by atoms with E-state index in [0.29, 0.717) is 19.3 Å². The van der Waals surface area contributed by atoms with Crippen LogP contribution in [0.4, 0.5) is 0 Å². The van der Waals surface area contributed by atoms with Crippen LogP contribution in [0.25, 0.3) is 0 Å². The first-order chi connectivity index (χ1) is 13.4. The summed E-state index contributed by atoms with van der Waals surface area (Å²) < 4.78 is 34.2. The first kappa shape index (κ1) is 32.1. The van der Waals surface area contributed by atoms with Crippen LogP contribution in [0, 0.1) is 0 Å². The minimum Gasteiger partial charge on any atom is -0.748 e. The van der Waals surface area contributed by atoms with Crippen molar-refractivity contribution in [3.8, 4) is 0 Å². The average molecular weight is 443 g/mol. The van der Waals surface area contributed by atoms with Crippen LogP contribution < -0.4 is 29.6 Å². The standard InChI is InChI=1S/C23H48O4S.Na/c1-3-5-7-8-9-10-11-12-13-14-15-16-17-19-20-22(24)23(28(25,26)27)21-18-6-4-2;/h22-24H,3-21H2,1-2H3,(H,25,26,27);/q;+1/p-1. The van der Waals surface area contributed by atoms with E-state index in [9.17, 15) is 18.1 Å². The quantitative estimate of drug-likeness (QED) is 0.167. The van der Waals surface area contributed by atoms with Crippen molar-refractivity contribution in [1.29, 1.82) is 0 Å². The zero-order valence-electron chi connectivity index (χ0n) is 19.7. The number of hydrogen-bond acceptors (Lipinski definition) is 4. The molecule has 0 bridgehead atoms. The Hall–Kier alpha value is 0.870. The van der Waals surface area contributed by atoms with Gasteiger partial charge in [0.05, 0.1) is 11.4 Å². The fraction of sp³-hybridized carbons (Fsp3) is 1.00. The summed E-state index contributed by atoms with van der Waals surface area (Å²) in [6, 6.07) is 0. The molecule has 0 aliphatic heterocycles. The van der Waals surface area contributed by atoms with E-state index in [0.717, 1.165) is 32.1 Å². The van der Waals surface area contributed by atoms with E-state index in [4.69, 9.17) is 0 Å². The van der Waals surface area contributed by atoms with E-state index < -0.39 is 21.5 Å². The molecule has 2 unspecified atom stereocenters. The van der Waals surface area contributed by atoms with Gasteiger partial charge in [-0.05, 0) is 12.8 Å². The van der Waals surface area contributed by atoms with Gasteiger partial charge in [0.25, 0.3) is 0 Å². The zero-order chi connectivity index (χ0) is 21.1. The Bertz CT molecular complexity index is 429. The van der Waals surface area contributed by atoms with Crippen LogP contribution in [0.5, 0.6) is 0 Å². The summed E-state index contributed by atoms with van der Waals surface area (Å²) >= 11 is 0. The van der Waals surface area contributed by atoms with Crippen LogP contribution in [-0.4, -0.2) is 29.4 Å². The van der Waals surface area contributed by atoms with Crippen molar-refractivity contribution in [2.24, 2.45) is 0 Å². The molecule has 0 aromatic rings. The van der Waals surface area contributed by atoms with Gasteiger partial charge in [-0.25, -0.2) is 8.42 Å². The van der Waals surface area contributed by atoms with Gasteiger partial charge in [-0.3, -0.25) is 0 Å². The van der Waals surface area contributed by atoms with E-state index in [1.54, 1.807) is 0 Å². The molecule has 29 heavy (non-hydrogen) atoms. The van der Waals surface area contributed by atoms with Gasteiger partial charge in [-0.1, -0.05) is 123 Å². The summed E-state index contributed by atoms with van der Waals surface area (Å²) in [6.45, 7) is 4.29. The maximum Gasteiger partial charge on any atom is 1.00 e. The molecular formula is C23H47NaO4S. The second kappa shape index (κ2) is 22.1. The molecular weight excluding hydrogens is 395 g/mol. The van der Waals surface area contributed by atoms with Crippen molar-refractivity contribution in [2.75, 3.05) is 0 Å². The topological polar surface area (TPSA) is 77.4 Å². The average Bonchev–Trinajstić information content (AvgIpc) is 2.64. The van der Waals surface area contributed by atoms with Crippen molar-refractivity contribution in [2.45, 2.75) is 147 Å². The Morgan fingerprint density at radius 1 is 0.621 bits per heavy atom. The monoisotopic (exact) mass is 442 g/mol. The minimum absolute atomic E-state index is 0. The molecule has 0 aliphatic rings. The van der Waals surface area contributed by atoms with Gasteiger partial charge in [0.1, 0.15) is 10.1 Å². The van der Waals surface area contributed by atoms with E-state index in [-0.39, 0.29) is 29.6 Å². The summed E-state index contributed by atoms with van der Waals surface area (Å²) in [5.41, 5.74) is 0. The molecule has 1 N–H and O–H groups in total. The molecule has 0 aromatic carbocycles. The number of unbranched alkanes of at least 4 members (excludes halogenated alkanes) is 15. The van der Waals surface area contributed by atoms with Crippen LogP contribution in [0.3, 0.4) is 0 Å². The molecule has 0 saturated heterocycles. The fourth-order valence-electron chi connectivity index (χ4n) is 3.86. The van der Waals surface area contributed by atoms with Crippen molar-refractivity contribution in [3.63, 3.8) is 0 Å². The molecule has 0 amide bonds. The number of hydrogen-bond donors (Lipinski definition) is 1. The first-order valence-electron chi connectivity index (χ1n) is 12.1. The van der Waals surface area contributed by atoms with Crippen LogP contribution in [0.2, 0.25) is 0 Å². The largest absolute Gasteiger partial charge is 1.00 e. The molecule has 0 rings (SSSR count). The second-order valence-electron chi connectivity index (χ2n) is 8.48. The van der Waals surface area contributed by atoms with E-state index in [1.807, 2.05) is 6.92 Å². The van der Waals surface area contributed by atoms with Gasteiger partial charge in [-0.15, -0.1) is 0 Å². The SMILES string of the molecule is CCCCCCCCCCCCCCCCC(O)C(CCCCC)S(=O)(=O)[O-].[Na+]. The zero-order valence-corrected chi connectivity index (χ0v) is 22.5. The predicted molar refractivity (Wildman–Crippen MR) is 119 cm³/mol. The third kappa shape index (κ3) is 20.5. The minimum atomic E-state index is -4.41. The molecule has 6 heteroatoms. The third-order valence-corrected chi connectivity index (χ3v) is 7.04. The molecule has 0 heterocycles. The van der Waals surface area contributed by atoms with Crippen LogP contribution >= 0.6 is 0 Å². The van der Waals surface area contributed by atoms with Crippen molar-refractivity contribution >= 4 is 10.1 Å². The van der Waals surface area contributed by atoms with Crippen molar-refractivity contribution in [3.05, 3.63) is 0 Å². The Morgan fingerprint density at radius 3 is 1.31 bits per heavy atom. The molecule has 170 valence electrons. The second-order valence-corrected chi connectivity index (χ2v) is 10.1. The summed E-state index contributed by atoms with van der Waals surface area (Å²) in [4.78, 5) is 0. The van der Waals surface area contributed by atoms with E-state index >= 15 is 0 Å². The molecule has 0 radical (unpaired) electrons.